The Morgan fingerprint density at radius 3 is 2.16 bits per heavy atom. The molecule has 7 nitrogen and oxygen atoms in total. The number of para-hydroxylation sites is 1. The zero-order chi connectivity index (χ0) is 22.1. The van der Waals surface area contributed by atoms with Crippen LogP contribution >= 0.6 is 0 Å². The Kier molecular flexibility index (Phi) is 3.80. The maximum absolute atomic E-state index is 13.9. The predicted octanol–water partition coefficient (Wildman–Crippen LogP) is 2.74. The normalized spacial score (nSPS) is 29.8. The highest BCUT2D eigenvalue weighted by Crippen LogP contribution is 2.69. The Bertz CT molecular complexity index is 1280. The van der Waals surface area contributed by atoms with E-state index < -0.39 is 23.0 Å². The Hall–Kier alpha value is -3.71. The molecule has 3 aliphatic heterocycles. The zero-order valence-corrected chi connectivity index (χ0v) is 17.3. The lowest BCUT2D eigenvalue weighted by atomic mass is 9.65. The highest BCUT2D eigenvalue weighted by Gasteiger charge is 2.79. The number of benzene rings is 2. The Labute approximate surface area is 184 Å². The minimum atomic E-state index is -1.34. The van der Waals surface area contributed by atoms with E-state index in [4.69, 9.17) is 4.74 Å². The number of anilines is 1. The number of hydrogen-bond acceptors (Lipinski definition) is 6. The number of rotatable bonds is 4. The summed E-state index contributed by atoms with van der Waals surface area (Å²) in [7, 11) is 0. The van der Waals surface area contributed by atoms with E-state index in [9.17, 15) is 14.4 Å². The van der Waals surface area contributed by atoms with E-state index in [0.29, 0.717) is 17.1 Å². The van der Waals surface area contributed by atoms with Crippen LogP contribution in [-0.4, -0.2) is 27.6 Å². The first kappa shape index (κ1) is 19.0. The fourth-order valence-electron chi connectivity index (χ4n) is 5.77. The quantitative estimate of drug-likeness (QED) is 0.597. The molecule has 32 heavy (non-hydrogen) atoms. The van der Waals surface area contributed by atoms with E-state index in [0.717, 1.165) is 5.56 Å². The third kappa shape index (κ3) is 2.16. The third-order valence-electron chi connectivity index (χ3n) is 6.77. The molecule has 0 spiro atoms. The monoisotopic (exact) mass is 425 g/mol. The van der Waals surface area contributed by atoms with E-state index in [1.165, 1.54) is 18.0 Å². The van der Waals surface area contributed by atoms with Gasteiger partial charge in [0.25, 0.3) is 0 Å². The topological polar surface area (TPSA) is 89.5 Å². The number of ketones is 1. The number of ether oxygens (including phenoxy) is 1. The Morgan fingerprint density at radius 2 is 1.50 bits per heavy atom. The SMILES string of the molecule is CC(=O)C[C@]12O[C@](c3ccccc3)(c3nccnc31)[C@H]1C(=O)N(c3ccccc3)C(=O)[C@H]12. The number of amides is 2. The van der Waals surface area contributed by atoms with Crippen molar-refractivity contribution < 1.29 is 19.1 Å². The van der Waals surface area contributed by atoms with Gasteiger partial charge in [0.05, 0.1) is 23.2 Å². The average molecular weight is 425 g/mol. The Balaban J connectivity index is 1.65. The molecule has 158 valence electrons. The minimum Gasteiger partial charge on any atom is -0.349 e. The molecule has 0 radical (unpaired) electrons. The van der Waals surface area contributed by atoms with E-state index in [-0.39, 0.29) is 24.0 Å². The average Bonchev–Trinajstić information content (AvgIpc) is 3.38. The van der Waals surface area contributed by atoms with Gasteiger partial charge in [0.1, 0.15) is 17.1 Å². The molecule has 2 aromatic carbocycles. The number of nitrogens with zero attached hydrogens (tertiary/aromatic N) is 3. The fourth-order valence-corrected chi connectivity index (χ4v) is 5.77. The van der Waals surface area contributed by atoms with Crippen molar-refractivity contribution in [1.29, 1.82) is 0 Å². The van der Waals surface area contributed by atoms with Crippen LogP contribution < -0.4 is 4.90 Å². The summed E-state index contributed by atoms with van der Waals surface area (Å²) >= 11 is 0. The lowest BCUT2D eigenvalue weighted by Crippen LogP contribution is -2.43. The highest BCUT2D eigenvalue weighted by molar-refractivity contribution is 6.23. The van der Waals surface area contributed by atoms with E-state index in [1.807, 2.05) is 36.4 Å². The van der Waals surface area contributed by atoms with Crippen molar-refractivity contribution in [2.45, 2.75) is 24.5 Å². The second-order valence-electron chi connectivity index (χ2n) is 8.53. The van der Waals surface area contributed by atoms with E-state index in [1.54, 1.807) is 30.5 Å². The van der Waals surface area contributed by atoms with E-state index in [2.05, 4.69) is 9.97 Å². The molecule has 0 aliphatic carbocycles. The molecule has 0 unspecified atom stereocenters. The molecular formula is C25H19N3O4. The van der Waals surface area contributed by atoms with Gasteiger partial charge in [-0.25, -0.2) is 4.90 Å². The van der Waals surface area contributed by atoms with Gasteiger partial charge in [-0.05, 0) is 24.6 Å². The number of Topliss-reactive ketones (excluding diaryl/α,β-unsaturated/α-hetero) is 1. The van der Waals surface area contributed by atoms with Gasteiger partial charge in [-0.3, -0.25) is 24.4 Å². The lowest BCUT2D eigenvalue weighted by molar-refractivity contribution is -0.140. The van der Waals surface area contributed by atoms with Crippen molar-refractivity contribution in [2.24, 2.45) is 11.8 Å². The van der Waals surface area contributed by atoms with Gasteiger partial charge in [0, 0.05) is 18.8 Å². The van der Waals surface area contributed by atoms with Crippen LogP contribution in [0.1, 0.15) is 30.3 Å². The summed E-state index contributed by atoms with van der Waals surface area (Å²) < 4.78 is 6.69. The molecular weight excluding hydrogens is 406 g/mol. The van der Waals surface area contributed by atoms with Crippen molar-refractivity contribution in [1.82, 2.24) is 9.97 Å². The van der Waals surface area contributed by atoms with Crippen molar-refractivity contribution in [3.8, 4) is 0 Å². The molecule has 4 heterocycles. The van der Waals surface area contributed by atoms with E-state index >= 15 is 0 Å². The summed E-state index contributed by atoms with van der Waals surface area (Å²) in [5, 5.41) is 0. The number of fused-ring (bicyclic) bond motifs is 8. The number of aromatic nitrogens is 2. The maximum Gasteiger partial charge on any atom is 0.241 e. The first-order chi connectivity index (χ1) is 15.5. The molecule has 1 aromatic heterocycles. The zero-order valence-electron chi connectivity index (χ0n) is 17.3. The Morgan fingerprint density at radius 1 is 0.906 bits per heavy atom. The van der Waals surface area contributed by atoms with Gasteiger partial charge in [-0.15, -0.1) is 0 Å². The minimum absolute atomic E-state index is 0.0594. The molecule has 2 bridgehead atoms. The summed E-state index contributed by atoms with van der Waals surface area (Å²) in [6, 6.07) is 18.2. The smallest absolute Gasteiger partial charge is 0.241 e. The first-order valence-electron chi connectivity index (χ1n) is 10.5. The summed E-state index contributed by atoms with van der Waals surface area (Å²) in [5.74, 6) is -2.59. The predicted molar refractivity (Wildman–Crippen MR) is 113 cm³/mol. The largest absolute Gasteiger partial charge is 0.349 e. The number of imide groups is 1. The van der Waals surface area contributed by atoms with Gasteiger partial charge in [0.15, 0.2) is 5.60 Å². The molecule has 2 fully saturated rings. The van der Waals surface area contributed by atoms with Gasteiger partial charge in [-0.2, -0.15) is 0 Å². The standard InChI is InChI=1S/C25H19N3O4/c1-15(29)14-24-18-19(23(31)28(22(18)30)17-10-6-3-7-11-17)25(32-24,16-8-4-2-5-9-16)21-20(24)26-12-13-27-21/h2-13,18-19H,14H2,1H3/t18-,19+,24+,25-/m0/s1. The fraction of sp³-hybridized carbons (Fsp3) is 0.240. The number of carbonyl (C=O) groups excluding carboxylic acids is 3. The van der Waals surface area contributed by atoms with Gasteiger partial charge in [0.2, 0.25) is 11.8 Å². The van der Waals surface area contributed by atoms with Crippen LogP contribution in [0.3, 0.4) is 0 Å². The van der Waals surface area contributed by atoms with Crippen LogP contribution in [0.25, 0.3) is 0 Å². The second kappa shape index (κ2) is 6.40. The van der Waals surface area contributed by atoms with Crippen molar-refractivity contribution in [3.63, 3.8) is 0 Å². The molecule has 4 atom stereocenters. The number of carbonyl (C=O) groups is 3. The van der Waals surface area contributed by atoms with Gasteiger partial charge in [-0.1, -0.05) is 48.5 Å². The summed E-state index contributed by atoms with van der Waals surface area (Å²) in [4.78, 5) is 50.5. The van der Waals surface area contributed by atoms with Crippen LogP contribution in [0.5, 0.6) is 0 Å². The van der Waals surface area contributed by atoms with Crippen LogP contribution in [0.2, 0.25) is 0 Å². The van der Waals surface area contributed by atoms with Crippen LogP contribution in [-0.2, 0) is 30.3 Å². The van der Waals surface area contributed by atoms with Gasteiger partial charge >= 0.3 is 0 Å². The van der Waals surface area contributed by atoms with Crippen molar-refractivity contribution in [2.75, 3.05) is 4.90 Å². The molecule has 3 aliphatic rings. The molecule has 3 aromatic rings. The molecule has 2 saturated heterocycles. The van der Waals surface area contributed by atoms with Crippen LogP contribution in [0.15, 0.2) is 73.1 Å². The maximum atomic E-state index is 13.9. The summed E-state index contributed by atoms with van der Waals surface area (Å²) in [6.45, 7) is 1.46. The highest BCUT2D eigenvalue weighted by atomic mass is 16.5. The molecule has 6 rings (SSSR count). The van der Waals surface area contributed by atoms with Gasteiger partial charge < -0.3 is 4.74 Å². The van der Waals surface area contributed by atoms with Crippen LogP contribution in [0, 0.1) is 11.8 Å². The molecule has 0 saturated carbocycles. The second-order valence-corrected chi connectivity index (χ2v) is 8.53. The molecule has 0 N–H and O–H groups in total. The third-order valence-corrected chi connectivity index (χ3v) is 6.77. The number of hydrogen-bond donors (Lipinski definition) is 0. The molecule has 2 amide bonds. The first-order valence-corrected chi connectivity index (χ1v) is 10.5. The van der Waals surface area contributed by atoms with Crippen LogP contribution in [0.4, 0.5) is 5.69 Å². The van der Waals surface area contributed by atoms with Crippen molar-refractivity contribution in [3.05, 3.63) is 90.0 Å². The van der Waals surface area contributed by atoms with Crippen molar-refractivity contribution >= 4 is 23.3 Å². The molecule has 7 heteroatoms. The lowest BCUT2D eigenvalue weighted by Gasteiger charge is -2.32. The summed E-state index contributed by atoms with van der Waals surface area (Å²) in [5.41, 5.74) is -0.438. The summed E-state index contributed by atoms with van der Waals surface area (Å²) in [6.07, 6.45) is 3.03.